The summed E-state index contributed by atoms with van der Waals surface area (Å²) in [7, 11) is 0. The number of carboxylic acid groups (broad SMARTS) is 1. The van der Waals surface area contributed by atoms with E-state index in [-0.39, 0.29) is 17.7 Å². The molecule has 1 aliphatic rings. The van der Waals surface area contributed by atoms with Gasteiger partial charge in [0.25, 0.3) is 0 Å². The van der Waals surface area contributed by atoms with Gasteiger partial charge in [-0.3, -0.25) is 9.59 Å². The third-order valence-electron chi connectivity index (χ3n) is 2.92. The summed E-state index contributed by atoms with van der Waals surface area (Å²) in [5.41, 5.74) is 0. The van der Waals surface area contributed by atoms with Gasteiger partial charge in [0.05, 0.1) is 10.9 Å². The van der Waals surface area contributed by atoms with Crippen LogP contribution < -0.4 is 5.32 Å². The summed E-state index contributed by atoms with van der Waals surface area (Å²) in [5, 5.41) is 14.4. The molecule has 1 heterocycles. The fourth-order valence-corrected chi connectivity index (χ4v) is 2.64. The van der Waals surface area contributed by atoms with Crippen LogP contribution in [0, 0.1) is 11.8 Å². The third kappa shape index (κ3) is 2.41. The summed E-state index contributed by atoms with van der Waals surface area (Å²) in [6.07, 6.45) is 1.75. The van der Waals surface area contributed by atoms with E-state index in [2.05, 4.69) is 5.32 Å². The molecule has 1 fully saturated rings. The van der Waals surface area contributed by atoms with Crippen LogP contribution in [0.25, 0.3) is 0 Å². The fourth-order valence-electron chi connectivity index (χ4n) is 2.02. The van der Waals surface area contributed by atoms with Gasteiger partial charge in [-0.1, -0.05) is 0 Å². The van der Waals surface area contributed by atoms with E-state index >= 15 is 0 Å². The standard InChI is InChI=1S/C11H13NO3S/c13-10(12-9-2-1-5-16-9)7-3-4-8(6-7)11(14)15/h1-2,5,7-8H,3-4,6H2,(H,12,13)(H,14,15). The minimum Gasteiger partial charge on any atom is -0.481 e. The smallest absolute Gasteiger partial charge is 0.306 e. The van der Waals surface area contributed by atoms with Gasteiger partial charge in [-0.2, -0.15) is 0 Å². The summed E-state index contributed by atoms with van der Waals surface area (Å²) < 4.78 is 0. The average molecular weight is 239 g/mol. The first-order chi connectivity index (χ1) is 7.66. The minimum atomic E-state index is -0.786. The van der Waals surface area contributed by atoms with E-state index < -0.39 is 5.97 Å². The maximum absolute atomic E-state index is 11.8. The van der Waals surface area contributed by atoms with Crippen molar-refractivity contribution in [3.8, 4) is 0 Å². The largest absolute Gasteiger partial charge is 0.481 e. The number of hydrogen-bond acceptors (Lipinski definition) is 3. The molecule has 1 aromatic rings. The van der Waals surface area contributed by atoms with Gasteiger partial charge in [0.15, 0.2) is 0 Å². The topological polar surface area (TPSA) is 66.4 Å². The molecule has 1 aliphatic carbocycles. The summed E-state index contributed by atoms with van der Waals surface area (Å²) >= 11 is 1.47. The van der Waals surface area contributed by atoms with E-state index in [9.17, 15) is 9.59 Å². The van der Waals surface area contributed by atoms with Crippen molar-refractivity contribution in [2.24, 2.45) is 11.8 Å². The maximum Gasteiger partial charge on any atom is 0.306 e. The lowest BCUT2D eigenvalue weighted by atomic mass is 10.0. The van der Waals surface area contributed by atoms with Crippen molar-refractivity contribution in [1.82, 2.24) is 0 Å². The lowest BCUT2D eigenvalue weighted by Crippen LogP contribution is -2.21. The number of anilines is 1. The molecular weight excluding hydrogens is 226 g/mol. The Morgan fingerprint density at radius 2 is 2.12 bits per heavy atom. The van der Waals surface area contributed by atoms with Gasteiger partial charge in [-0.15, -0.1) is 11.3 Å². The van der Waals surface area contributed by atoms with Gasteiger partial charge in [0, 0.05) is 5.92 Å². The van der Waals surface area contributed by atoms with Crippen molar-refractivity contribution in [3.05, 3.63) is 17.5 Å². The number of rotatable bonds is 3. The van der Waals surface area contributed by atoms with Crippen LogP contribution in [0.2, 0.25) is 0 Å². The molecule has 0 bridgehead atoms. The van der Waals surface area contributed by atoms with Crippen LogP contribution in [0.5, 0.6) is 0 Å². The van der Waals surface area contributed by atoms with Gasteiger partial charge in [0.2, 0.25) is 5.91 Å². The summed E-state index contributed by atoms with van der Waals surface area (Å²) in [6, 6.07) is 3.71. The van der Waals surface area contributed by atoms with Crippen molar-refractivity contribution >= 4 is 28.2 Å². The Hall–Kier alpha value is -1.36. The third-order valence-corrected chi connectivity index (χ3v) is 3.71. The molecule has 1 saturated carbocycles. The number of aliphatic carboxylic acids is 1. The lowest BCUT2D eigenvalue weighted by molar-refractivity contribution is -0.141. The van der Waals surface area contributed by atoms with E-state index in [4.69, 9.17) is 5.11 Å². The molecule has 4 nitrogen and oxygen atoms in total. The van der Waals surface area contributed by atoms with Crippen LogP contribution in [0.1, 0.15) is 19.3 Å². The zero-order valence-corrected chi connectivity index (χ0v) is 9.50. The van der Waals surface area contributed by atoms with Crippen LogP contribution in [0.4, 0.5) is 5.00 Å². The molecule has 86 valence electrons. The molecular formula is C11H13NO3S. The molecule has 2 rings (SSSR count). The second kappa shape index (κ2) is 4.65. The van der Waals surface area contributed by atoms with Gasteiger partial charge < -0.3 is 10.4 Å². The van der Waals surface area contributed by atoms with Gasteiger partial charge in [-0.25, -0.2) is 0 Å². The molecule has 0 aliphatic heterocycles. The first-order valence-electron chi connectivity index (χ1n) is 5.24. The van der Waals surface area contributed by atoms with Crippen LogP contribution >= 0.6 is 11.3 Å². The number of nitrogens with one attached hydrogen (secondary N) is 1. The highest BCUT2D eigenvalue weighted by Gasteiger charge is 2.33. The number of thiophene rings is 1. The normalized spacial score (nSPS) is 24.2. The van der Waals surface area contributed by atoms with E-state index in [1.807, 2.05) is 17.5 Å². The van der Waals surface area contributed by atoms with E-state index in [1.54, 1.807) is 0 Å². The van der Waals surface area contributed by atoms with E-state index in [1.165, 1.54) is 11.3 Å². The molecule has 0 spiro atoms. The molecule has 1 aromatic heterocycles. The van der Waals surface area contributed by atoms with Crippen molar-refractivity contribution in [3.63, 3.8) is 0 Å². The highest BCUT2D eigenvalue weighted by Crippen LogP contribution is 2.32. The SMILES string of the molecule is O=C(O)C1CCC(C(=O)Nc2cccs2)C1. The first-order valence-corrected chi connectivity index (χ1v) is 6.12. The fraction of sp³-hybridized carbons (Fsp3) is 0.455. The van der Waals surface area contributed by atoms with Gasteiger partial charge in [-0.05, 0) is 36.8 Å². The molecule has 1 amide bonds. The maximum atomic E-state index is 11.8. The lowest BCUT2D eigenvalue weighted by Gasteiger charge is -2.08. The van der Waals surface area contributed by atoms with Crippen molar-refractivity contribution in [2.75, 3.05) is 5.32 Å². The molecule has 5 heteroatoms. The number of amides is 1. The predicted octanol–water partition coefficient (Wildman–Crippen LogP) is 2.19. The minimum absolute atomic E-state index is 0.0498. The van der Waals surface area contributed by atoms with Crippen LogP contribution in [-0.4, -0.2) is 17.0 Å². The Morgan fingerprint density at radius 1 is 1.38 bits per heavy atom. The monoisotopic (exact) mass is 239 g/mol. The Labute approximate surface area is 97.3 Å². The van der Waals surface area contributed by atoms with Crippen LogP contribution in [-0.2, 0) is 9.59 Å². The zero-order valence-electron chi connectivity index (χ0n) is 8.68. The number of hydrogen-bond donors (Lipinski definition) is 2. The molecule has 0 saturated heterocycles. The molecule has 0 aromatic carbocycles. The van der Waals surface area contributed by atoms with Crippen molar-refractivity contribution in [2.45, 2.75) is 19.3 Å². The second-order valence-electron chi connectivity index (χ2n) is 4.01. The highest BCUT2D eigenvalue weighted by molar-refractivity contribution is 7.14. The Balaban J connectivity index is 1.90. The number of carbonyl (C=O) groups is 2. The quantitative estimate of drug-likeness (QED) is 0.849. The average Bonchev–Trinajstić information content (AvgIpc) is 2.86. The predicted molar refractivity (Wildman–Crippen MR) is 61.4 cm³/mol. The van der Waals surface area contributed by atoms with Crippen LogP contribution in [0.15, 0.2) is 17.5 Å². The molecule has 2 N–H and O–H groups in total. The summed E-state index contributed by atoms with van der Waals surface area (Å²) in [4.78, 5) is 22.5. The first kappa shape index (κ1) is 11.1. The van der Waals surface area contributed by atoms with Gasteiger partial charge >= 0.3 is 5.97 Å². The van der Waals surface area contributed by atoms with Crippen molar-refractivity contribution in [1.29, 1.82) is 0 Å². The highest BCUT2D eigenvalue weighted by atomic mass is 32.1. The molecule has 2 unspecified atom stereocenters. The second-order valence-corrected chi connectivity index (χ2v) is 4.96. The van der Waals surface area contributed by atoms with E-state index in [0.29, 0.717) is 19.3 Å². The Morgan fingerprint density at radius 3 is 2.69 bits per heavy atom. The molecule has 2 atom stereocenters. The van der Waals surface area contributed by atoms with Gasteiger partial charge in [0.1, 0.15) is 0 Å². The summed E-state index contributed by atoms with van der Waals surface area (Å²) in [5.74, 6) is -1.33. The Bertz CT molecular complexity index is 388. The zero-order chi connectivity index (χ0) is 11.5. The molecule has 16 heavy (non-hydrogen) atoms. The van der Waals surface area contributed by atoms with E-state index in [0.717, 1.165) is 5.00 Å². The Kier molecular flexibility index (Phi) is 3.24. The number of carbonyl (C=O) groups excluding carboxylic acids is 1. The summed E-state index contributed by atoms with van der Waals surface area (Å²) in [6.45, 7) is 0. The number of carboxylic acids is 1. The van der Waals surface area contributed by atoms with Crippen molar-refractivity contribution < 1.29 is 14.7 Å². The molecule has 0 radical (unpaired) electrons. The van der Waals surface area contributed by atoms with Crippen LogP contribution in [0.3, 0.4) is 0 Å².